The molecule has 0 radical (unpaired) electrons. The van der Waals surface area contributed by atoms with Gasteiger partial charge in [0.1, 0.15) is 17.9 Å². The number of aromatic nitrogens is 2. The Labute approximate surface area is 163 Å². The first-order valence-corrected chi connectivity index (χ1v) is 9.08. The highest BCUT2D eigenvalue weighted by atomic mass is 16.6. The summed E-state index contributed by atoms with van der Waals surface area (Å²) in [6.07, 6.45) is 3.04. The van der Waals surface area contributed by atoms with Crippen LogP contribution in [-0.2, 0) is 9.57 Å². The summed E-state index contributed by atoms with van der Waals surface area (Å²) in [6.45, 7) is 5.95. The number of amides is 1. The molecule has 28 heavy (non-hydrogen) atoms. The second-order valence-electron chi connectivity index (χ2n) is 7.21. The molecule has 0 aliphatic rings. The van der Waals surface area contributed by atoms with Gasteiger partial charge in [-0.3, -0.25) is 4.98 Å². The minimum atomic E-state index is -0.534. The van der Waals surface area contributed by atoms with E-state index in [1.807, 2.05) is 63.2 Å². The molecule has 0 unspecified atom stereocenters. The minimum Gasteiger partial charge on any atom is -0.444 e. The number of oxime groups is 1. The van der Waals surface area contributed by atoms with E-state index in [2.05, 4.69) is 20.4 Å². The molecular weight excluding hydrogens is 356 g/mol. The molecule has 0 atom stereocenters. The molecule has 2 heterocycles. The molecule has 2 aromatic heterocycles. The van der Waals surface area contributed by atoms with Crippen LogP contribution in [0.15, 0.2) is 60.0 Å². The number of carbonyl (C=O) groups is 1. The van der Waals surface area contributed by atoms with Crippen molar-refractivity contribution in [2.24, 2.45) is 5.16 Å². The average Bonchev–Trinajstić information content (AvgIpc) is 3.07. The summed E-state index contributed by atoms with van der Waals surface area (Å²) in [7, 11) is 0. The van der Waals surface area contributed by atoms with Crippen molar-refractivity contribution in [1.82, 2.24) is 15.3 Å². The van der Waals surface area contributed by atoms with Gasteiger partial charge in [0.2, 0.25) is 0 Å². The molecule has 0 aliphatic carbocycles. The Balaban J connectivity index is 1.69. The van der Waals surface area contributed by atoms with Gasteiger partial charge in [0.25, 0.3) is 0 Å². The van der Waals surface area contributed by atoms with Crippen molar-refractivity contribution in [2.45, 2.75) is 26.4 Å². The number of pyridine rings is 1. The molecule has 0 aliphatic heterocycles. The van der Waals surface area contributed by atoms with Crippen LogP contribution in [0.3, 0.4) is 0 Å². The Hall–Kier alpha value is -3.35. The zero-order chi connectivity index (χ0) is 20.0. The molecule has 3 rings (SSSR count). The molecule has 0 bridgehead atoms. The lowest BCUT2D eigenvalue weighted by atomic mass is 10.1. The monoisotopic (exact) mass is 380 g/mol. The van der Waals surface area contributed by atoms with Crippen molar-refractivity contribution < 1.29 is 14.4 Å². The summed E-state index contributed by atoms with van der Waals surface area (Å²) < 4.78 is 5.19. The maximum atomic E-state index is 11.7. The number of hydrogen-bond acceptors (Lipinski definition) is 5. The largest absolute Gasteiger partial charge is 0.444 e. The number of ether oxygens (including phenoxy) is 1. The zero-order valence-electron chi connectivity index (χ0n) is 16.2. The SMILES string of the molecule is CC(C)(C)OC(=O)NCCON=C(c1ccccc1)c1cc2ccncc2[nH]1. The molecule has 0 fully saturated rings. The number of rotatable bonds is 6. The van der Waals surface area contributed by atoms with Gasteiger partial charge in [-0.1, -0.05) is 35.5 Å². The van der Waals surface area contributed by atoms with Crippen LogP contribution in [0, 0.1) is 0 Å². The normalized spacial score (nSPS) is 12.0. The first kappa shape index (κ1) is 19.4. The van der Waals surface area contributed by atoms with Crippen LogP contribution in [0.25, 0.3) is 10.9 Å². The van der Waals surface area contributed by atoms with Crippen molar-refractivity contribution in [2.75, 3.05) is 13.2 Å². The average molecular weight is 380 g/mol. The van der Waals surface area contributed by atoms with Crippen LogP contribution in [0.4, 0.5) is 4.79 Å². The molecule has 3 aromatic rings. The lowest BCUT2D eigenvalue weighted by molar-refractivity contribution is 0.0502. The minimum absolute atomic E-state index is 0.220. The van der Waals surface area contributed by atoms with Gasteiger partial charge in [-0.05, 0) is 32.9 Å². The van der Waals surface area contributed by atoms with Crippen LogP contribution >= 0.6 is 0 Å². The van der Waals surface area contributed by atoms with Crippen LogP contribution in [0.1, 0.15) is 32.0 Å². The van der Waals surface area contributed by atoms with Gasteiger partial charge in [0, 0.05) is 17.1 Å². The molecule has 146 valence electrons. The van der Waals surface area contributed by atoms with Crippen LogP contribution in [-0.4, -0.2) is 40.5 Å². The van der Waals surface area contributed by atoms with Crippen molar-refractivity contribution >= 4 is 22.7 Å². The Kier molecular flexibility index (Phi) is 5.93. The summed E-state index contributed by atoms with van der Waals surface area (Å²) in [4.78, 5) is 24.6. The standard InChI is InChI=1S/C21H24N4O3/c1-21(2,3)28-20(26)23-11-12-27-25-19(15-7-5-4-6-8-15)17-13-16-9-10-22-14-18(16)24-17/h4-10,13-14,24H,11-12H2,1-3H3,(H,23,26). The number of hydrogen-bond donors (Lipinski definition) is 2. The predicted octanol–water partition coefficient (Wildman–Crippen LogP) is 3.86. The molecule has 0 saturated heterocycles. The van der Waals surface area contributed by atoms with E-state index in [4.69, 9.17) is 9.57 Å². The molecular formula is C21H24N4O3. The number of benzene rings is 1. The van der Waals surface area contributed by atoms with Crippen LogP contribution in [0.5, 0.6) is 0 Å². The van der Waals surface area contributed by atoms with Crippen LogP contribution in [0.2, 0.25) is 0 Å². The van der Waals surface area contributed by atoms with Gasteiger partial charge in [-0.25, -0.2) is 4.79 Å². The highest BCUT2D eigenvalue weighted by Crippen LogP contribution is 2.17. The van der Waals surface area contributed by atoms with Gasteiger partial charge in [0.05, 0.1) is 24.0 Å². The number of carbonyl (C=O) groups excluding carboxylic acids is 1. The molecule has 1 aromatic carbocycles. The fourth-order valence-corrected chi connectivity index (χ4v) is 2.58. The molecule has 2 N–H and O–H groups in total. The lowest BCUT2D eigenvalue weighted by Crippen LogP contribution is -2.34. The molecule has 7 nitrogen and oxygen atoms in total. The molecule has 0 saturated carbocycles. The maximum Gasteiger partial charge on any atom is 0.407 e. The first-order chi connectivity index (χ1) is 13.4. The number of nitrogens with one attached hydrogen (secondary N) is 2. The summed E-state index contributed by atoms with van der Waals surface area (Å²) >= 11 is 0. The van der Waals surface area contributed by atoms with E-state index in [0.29, 0.717) is 5.71 Å². The van der Waals surface area contributed by atoms with Crippen LogP contribution < -0.4 is 5.32 Å². The number of alkyl carbamates (subject to hydrolysis) is 1. The fraction of sp³-hybridized carbons (Fsp3) is 0.286. The van der Waals surface area contributed by atoms with Crippen molar-refractivity contribution in [3.63, 3.8) is 0 Å². The molecule has 0 spiro atoms. The number of aromatic amines is 1. The third kappa shape index (κ3) is 5.33. The van der Waals surface area contributed by atoms with E-state index in [0.717, 1.165) is 22.2 Å². The van der Waals surface area contributed by atoms with E-state index < -0.39 is 11.7 Å². The molecule has 7 heteroatoms. The Morgan fingerprint density at radius 2 is 2.00 bits per heavy atom. The first-order valence-electron chi connectivity index (χ1n) is 9.08. The zero-order valence-corrected chi connectivity index (χ0v) is 16.2. The second-order valence-corrected chi connectivity index (χ2v) is 7.21. The van der Waals surface area contributed by atoms with Gasteiger partial charge in [0.15, 0.2) is 0 Å². The number of H-pyrrole nitrogens is 1. The lowest BCUT2D eigenvalue weighted by Gasteiger charge is -2.19. The van der Waals surface area contributed by atoms with Crippen molar-refractivity contribution in [3.8, 4) is 0 Å². The summed E-state index contributed by atoms with van der Waals surface area (Å²) in [5.41, 5.74) is 2.81. The van der Waals surface area contributed by atoms with E-state index in [-0.39, 0.29) is 13.2 Å². The Bertz CT molecular complexity index is 925. The van der Waals surface area contributed by atoms with Gasteiger partial charge in [-0.15, -0.1) is 0 Å². The predicted molar refractivity (Wildman–Crippen MR) is 108 cm³/mol. The summed E-state index contributed by atoms with van der Waals surface area (Å²) in [5, 5.41) is 7.99. The Morgan fingerprint density at radius 3 is 2.71 bits per heavy atom. The summed E-state index contributed by atoms with van der Waals surface area (Å²) in [6, 6.07) is 13.7. The number of nitrogens with zero attached hydrogens (tertiary/aromatic N) is 2. The third-order valence-electron chi connectivity index (χ3n) is 3.74. The smallest absolute Gasteiger partial charge is 0.407 e. The highest BCUT2D eigenvalue weighted by molar-refractivity contribution is 6.13. The van der Waals surface area contributed by atoms with E-state index in [9.17, 15) is 4.79 Å². The highest BCUT2D eigenvalue weighted by Gasteiger charge is 2.15. The number of fused-ring (bicyclic) bond motifs is 1. The van der Waals surface area contributed by atoms with Gasteiger partial charge < -0.3 is 19.9 Å². The topological polar surface area (TPSA) is 88.6 Å². The van der Waals surface area contributed by atoms with E-state index in [1.54, 1.807) is 12.4 Å². The van der Waals surface area contributed by atoms with Gasteiger partial charge in [-0.2, -0.15) is 0 Å². The second kappa shape index (κ2) is 8.56. The van der Waals surface area contributed by atoms with Crippen molar-refractivity contribution in [1.29, 1.82) is 0 Å². The van der Waals surface area contributed by atoms with E-state index >= 15 is 0 Å². The third-order valence-corrected chi connectivity index (χ3v) is 3.74. The van der Waals surface area contributed by atoms with Crippen molar-refractivity contribution in [3.05, 3.63) is 66.1 Å². The fourth-order valence-electron chi connectivity index (χ4n) is 2.58. The van der Waals surface area contributed by atoms with E-state index in [1.165, 1.54) is 0 Å². The molecule has 1 amide bonds. The maximum absolute atomic E-state index is 11.7. The summed E-state index contributed by atoms with van der Waals surface area (Å²) in [5.74, 6) is 0. The quantitative estimate of drug-likeness (QED) is 0.386. The van der Waals surface area contributed by atoms with Gasteiger partial charge >= 0.3 is 6.09 Å². The Morgan fingerprint density at radius 1 is 1.21 bits per heavy atom.